The van der Waals surface area contributed by atoms with Crippen LogP contribution in [0.2, 0.25) is 0 Å². The molecule has 0 aromatic carbocycles. The van der Waals surface area contributed by atoms with Crippen molar-refractivity contribution in [2.45, 2.75) is 46.1 Å². The van der Waals surface area contributed by atoms with Crippen molar-refractivity contribution in [1.82, 2.24) is 15.5 Å². The van der Waals surface area contributed by atoms with Gasteiger partial charge in [0.25, 0.3) is 0 Å². The molecule has 8 heteroatoms. The number of carbonyl (C=O) groups is 3. The zero-order valence-electron chi connectivity index (χ0n) is 15.8. The largest absolute Gasteiger partial charge is 0.466 e. The molecule has 2 amide bonds. The van der Waals surface area contributed by atoms with Crippen LogP contribution in [0.15, 0.2) is 11.3 Å². The first kappa shape index (κ1) is 20.2. The Labute approximate surface area is 154 Å². The number of ether oxygens (including phenoxy) is 2. The van der Waals surface area contributed by atoms with Gasteiger partial charge in [-0.05, 0) is 46.2 Å². The zero-order valence-corrected chi connectivity index (χ0v) is 15.8. The molecule has 1 fully saturated rings. The maximum Gasteiger partial charge on any atom is 0.337 e. The van der Waals surface area contributed by atoms with Crippen LogP contribution in [0.5, 0.6) is 0 Å². The average molecular weight is 367 g/mol. The first-order valence-corrected chi connectivity index (χ1v) is 9.36. The molecular formula is C18H29N3O5. The first-order valence-electron chi connectivity index (χ1n) is 9.36. The van der Waals surface area contributed by atoms with E-state index in [1.807, 2.05) is 6.92 Å². The summed E-state index contributed by atoms with van der Waals surface area (Å²) in [6, 6.07) is -0.656. The molecule has 0 bridgehead atoms. The predicted octanol–water partition coefficient (Wildman–Crippen LogP) is 1.17. The Kier molecular flexibility index (Phi) is 7.44. The van der Waals surface area contributed by atoms with Gasteiger partial charge in [0.05, 0.1) is 30.7 Å². The number of amides is 2. The molecule has 2 aliphatic heterocycles. The lowest BCUT2D eigenvalue weighted by Crippen LogP contribution is -2.52. The van der Waals surface area contributed by atoms with E-state index in [2.05, 4.69) is 15.5 Å². The molecule has 2 heterocycles. The molecule has 0 aliphatic carbocycles. The summed E-state index contributed by atoms with van der Waals surface area (Å²) >= 11 is 0. The lowest BCUT2D eigenvalue weighted by Gasteiger charge is -2.34. The van der Waals surface area contributed by atoms with Gasteiger partial charge in [-0.25, -0.2) is 9.59 Å². The van der Waals surface area contributed by atoms with Gasteiger partial charge in [-0.3, -0.25) is 9.69 Å². The fraction of sp³-hybridized carbons (Fsp3) is 0.722. The fourth-order valence-corrected chi connectivity index (χ4v) is 3.40. The number of rotatable bonds is 7. The van der Waals surface area contributed by atoms with E-state index in [4.69, 9.17) is 9.47 Å². The number of carbonyl (C=O) groups excluding carboxylic acids is 3. The SMILES string of the molecule is CCOC(=O)C1=C(CN2CCC(C(=O)OCC)CC2)NC(=O)N[C@H]1CC. The molecule has 0 radical (unpaired) electrons. The van der Waals surface area contributed by atoms with Gasteiger partial charge in [0, 0.05) is 12.2 Å². The van der Waals surface area contributed by atoms with E-state index < -0.39 is 5.97 Å². The minimum atomic E-state index is -0.400. The number of hydrogen-bond acceptors (Lipinski definition) is 6. The van der Waals surface area contributed by atoms with Crippen LogP contribution < -0.4 is 10.6 Å². The number of esters is 2. The minimum Gasteiger partial charge on any atom is -0.466 e. The van der Waals surface area contributed by atoms with Crippen molar-refractivity contribution in [3.8, 4) is 0 Å². The van der Waals surface area contributed by atoms with Crippen molar-refractivity contribution >= 4 is 18.0 Å². The minimum absolute atomic E-state index is 0.0734. The molecule has 2 rings (SSSR count). The van der Waals surface area contributed by atoms with Gasteiger partial charge in [-0.2, -0.15) is 0 Å². The summed E-state index contributed by atoms with van der Waals surface area (Å²) < 4.78 is 10.3. The smallest absolute Gasteiger partial charge is 0.337 e. The highest BCUT2D eigenvalue weighted by Crippen LogP contribution is 2.22. The summed E-state index contributed by atoms with van der Waals surface area (Å²) in [5, 5.41) is 5.54. The van der Waals surface area contributed by atoms with Gasteiger partial charge in [-0.15, -0.1) is 0 Å². The highest BCUT2D eigenvalue weighted by Gasteiger charge is 2.33. The van der Waals surface area contributed by atoms with Crippen molar-refractivity contribution in [3.05, 3.63) is 11.3 Å². The third kappa shape index (κ3) is 4.97. The molecule has 0 unspecified atom stereocenters. The Morgan fingerprint density at radius 3 is 2.35 bits per heavy atom. The molecule has 0 spiro atoms. The summed E-state index contributed by atoms with van der Waals surface area (Å²) in [5.41, 5.74) is 1.08. The van der Waals surface area contributed by atoms with Crippen molar-refractivity contribution in [1.29, 1.82) is 0 Å². The van der Waals surface area contributed by atoms with E-state index in [-0.39, 0.29) is 30.6 Å². The van der Waals surface area contributed by atoms with E-state index >= 15 is 0 Å². The zero-order chi connectivity index (χ0) is 19.1. The normalized spacial score (nSPS) is 21.8. The van der Waals surface area contributed by atoms with E-state index in [1.54, 1.807) is 13.8 Å². The Bertz CT molecular complexity index is 567. The van der Waals surface area contributed by atoms with Crippen LogP contribution in [0.1, 0.15) is 40.0 Å². The lowest BCUT2D eigenvalue weighted by atomic mass is 9.95. The molecule has 146 valence electrons. The predicted molar refractivity (Wildman–Crippen MR) is 95.2 cm³/mol. The third-order valence-corrected chi connectivity index (χ3v) is 4.74. The molecule has 26 heavy (non-hydrogen) atoms. The molecule has 1 saturated heterocycles. The van der Waals surface area contributed by atoms with E-state index in [0.717, 1.165) is 0 Å². The van der Waals surface area contributed by atoms with Crippen LogP contribution >= 0.6 is 0 Å². The highest BCUT2D eigenvalue weighted by molar-refractivity contribution is 5.94. The average Bonchev–Trinajstić information content (AvgIpc) is 2.62. The second-order valence-electron chi connectivity index (χ2n) is 6.47. The Hall–Kier alpha value is -2.09. The highest BCUT2D eigenvalue weighted by atomic mass is 16.5. The summed E-state index contributed by atoms with van der Waals surface area (Å²) in [7, 11) is 0. The fourth-order valence-electron chi connectivity index (χ4n) is 3.40. The van der Waals surface area contributed by atoms with Crippen molar-refractivity contribution in [2.24, 2.45) is 5.92 Å². The topological polar surface area (TPSA) is 97.0 Å². The third-order valence-electron chi connectivity index (χ3n) is 4.74. The number of nitrogens with zero attached hydrogens (tertiary/aromatic N) is 1. The maximum absolute atomic E-state index is 12.4. The second kappa shape index (κ2) is 9.56. The van der Waals surface area contributed by atoms with Gasteiger partial charge < -0.3 is 20.1 Å². The van der Waals surface area contributed by atoms with Gasteiger partial charge in [0.15, 0.2) is 0 Å². The Morgan fingerprint density at radius 1 is 1.12 bits per heavy atom. The molecule has 8 nitrogen and oxygen atoms in total. The van der Waals surface area contributed by atoms with Crippen LogP contribution in [0.3, 0.4) is 0 Å². The van der Waals surface area contributed by atoms with E-state index in [0.29, 0.717) is 56.8 Å². The Balaban J connectivity index is 2.08. The number of hydrogen-bond donors (Lipinski definition) is 2. The van der Waals surface area contributed by atoms with Crippen LogP contribution in [0.4, 0.5) is 4.79 Å². The van der Waals surface area contributed by atoms with Crippen molar-refractivity contribution in [3.63, 3.8) is 0 Å². The first-order chi connectivity index (χ1) is 12.5. The molecule has 2 aliphatic rings. The number of likely N-dealkylation sites (tertiary alicyclic amines) is 1. The standard InChI is InChI=1S/C18H29N3O5/c1-4-13-15(17(23)26-6-3)14(20-18(24)19-13)11-21-9-7-12(8-10-21)16(22)25-5-2/h12-13H,4-11H2,1-3H3,(H2,19,20,24)/t13-/m0/s1. The molecule has 2 N–H and O–H groups in total. The maximum atomic E-state index is 12.4. The number of piperidine rings is 1. The quantitative estimate of drug-likeness (QED) is 0.656. The Morgan fingerprint density at radius 2 is 1.77 bits per heavy atom. The van der Waals surface area contributed by atoms with E-state index in [1.165, 1.54) is 0 Å². The molecule has 0 aromatic rings. The van der Waals surface area contributed by atoms with Crippen molar-refractivity contribution < 1.29 is 23.9 Å². The summed E-state index contributed by atoms with van der Waals surface area (Å²) in [6.45, 7) is 8.03. The van der Waals surface area contributed by atoms with Crippen LogP contribution in [0, 0.1) is 5.92 Å². The molecular weight excluding hydrogens is 338 g/mol. The molecule has 0 aromatic heterocycles. The second-order valence-corrected chi connectivity index (χ2v) is 6.47. The van der Waals surface area contributed by atoms with Gasteiger partial charge >= 0.3 is 18.0 Å². The monoisotopic (exact) mass is 367 g/mol. The van der Waals surface area contributed by atoms with Crippen LogP contribution in [0.25, 0.3) is 0 Å². The van der Waals surface area contributed by atoms with Gasteiger partial charge in [0.2, 0.25) is 0 Å². The van der Waals surface area contributed by atoms with Gasteiger partial charge in [0.1, 0.15) is 0 Å². The number of urea groups is 1. The molecule has 0 saturated carbocycles. The molecule has 1 atom stereocenters. The van der Waals surface area contributed by atoms with Crippen molar-refractivity contribution in [2.75, 3.05) is 32.8 Å². The van der Waals surface area contributed by atoms with Crippen LogP contribution in [-0.4, -0.2) is 61.8 Å². The summed E-state index contributed by atoms with van der Waals surface area (Å²) in [5.74, 6) is -0.612. The lowest BCUT2D eigenvalue weighted by molar-refractivity contribution is -0.149. The van der Waals surface area contributed by atoms with Gasteiger partial charge in [-0.1, -0.05) is 6.92 Å². The van der Waals surface area contributed by atoms with Crippen LogP contribution in [-0.2, 0) is 19.1 Å². The summed E-state index contributed by atoms with van der Waals surface area (Å²) in [6.07, 6.45) is 2.03. The van der Waals surface area contributed by atoms with E-state index in [9.17, 15) is 14.4 Å². The summed E-state index contributed by atoms with van der Waals surface area (Å²) in [4.78, 5) is 38.3. The number of nitrogens with one attached hydrogen (secondary N) is 2.